The lowest BCUT2D eigenvalue weighted by Crippen LogP contribution is -2.56. The first-order chi connectivity index (χ1) is 63.7. The molecule has 21 nitrogen and oxygen atoms in total. The molecular weight excluding hydrogens is 2060 g/mol. The molecule has 878 valence electrons. The molecule has 0 N–H and O–H groups in total. The highest BCUT2D eigenvalue weighted by molar-refractivity contribution is 6.96. The van der Waals surface area contributed by atoms with Crippen LogP contribution in [-0.2, 0) is 92.9 Å². The molecule has 0 aromatic heterocycles. The van der Waals surface area contributed by atoms with Gasteiger partial charge in [0, 0.05) is 187 Å². The van der Waals surface area contributed by atoms with Crippen LogP contribution in [0.5, 0.6) is 0 Å². The van der Waals surface area contributed by atoms with Gasteiger partial charge in [0.1, 0.15) is 0 Å². The van der Waals surface area contributed by atoms with Crippen LogP contribution in [-0.4, -0.2) is 260 Å². The fourth-order valence-electron chi connectivity index (χ4n) is 23.0. The Balaban J connectivity index is -0.000000183. The van der Waals surface area contributed by atoms with Crippen LogP contribution in [0.1, 0.15) is 283 Å². The van der Waals surface area contributed by atoms with E-state index in [-0.39, 0.29) is 81.7 Å². The molecule has 146 heavy (non-hydrogen) atoms. The van der Waals surface area contributed by atoms with Crippen LogP contribution in [0.4, 0.5) is 0 Å². The van der Waals surface area contributed by atoms with Gasteiger partial charge in [-0.1, -0.05) is 236 Å². The first kappa shape index (κ1) is 166. The third-order valence-electron chi connectivity index (χ3n) is 29.3. The molecule has 0 spiro atoms. The zero-order valence-electron chi connectivity index (χ0n) is 93.5. The summed E-state index contributed by atoms with van der Waals surface area (Å²) in [6.45, 7) is 82.0. The van der Waals surface area contributed by atoms with Crippen LogP contribution in [0.25, 0.3) is 0 Å². The Labute approximate surface area is 925 Å². The van der Waals surface area contributed by atoms with Crippen LogP contribution in [0, 0.1) is 29.6 Å². The second-order valence-electron chi connectivity index (χ2n) is 40.8. The number of hydrogen-bond acceptors (Lipinski definition) is 21. The summed E-state index contributed by atoms with van der Waals surface area (Å²) in [6, 6.07) is 11.5. The molecule has 7 aliphatic rings. The van der Waals surface area contributed by atoms with Gasteiger partial charge in [0.05, 0.1) is 0 Å². The standard InChI is InChI=1S/C18H36O3Si2.C15H34O3Si2.C15H28O3Si2.C14H28O3Si2.C13H28O3Si2.C13H26O3Si2.C12H28O3Si2.11CH4/c1-8-19-22(6,15-23(7,20-9-2)21-10-3)18-13-11-17(12-14-18)16(4)5;2*1-6-16-19(4,15-12-10-9-11-13-15)14-20(5,17-7-2)18-8-3;1-6-15-18(4,14-11-9-10-12-14)13-19(5,16-7-2)17-8-3;2*1-14-17(4,10-18(5,15-2)16-3)13-9-11-6-7-12(13)8-11;1-7-11-16(5,13-8-2)12-17(6,14-9-3)15-10-4;;;;;;;;;;;/h11,13,16H,8-10,12,14-15H2,1-7H3;15H,6-14H2,1-5H3;9-13H,6-8,14H2,1-5H3;9-12,14H,6-8,13H2,1-5H3;11-13H,6-10H2,1-5H3;6-7,11-13H,8-10H2,1-5H3;7H,1,8-12H2,2-6H3;11*1H4. The number of rotatable bonds is 59. The Bertz CT molecular complexity index is 3460. The first-order valence-electron chi connectivity index (χ1n) is 52.7. The minimum Gasteiger partial charge on any atom is -0.420 e. The zero-order chi connectivity index (χ0) is 102. The van der Waals surface area contributed by atoms with E-state index in [4.69, 9.17) is 92.9 Å². The van der Waals surface area contributed by atoms with E-state index in [1.165, 1.54) is 87.4 Å². The van der Waals surface area contributed by atoms with Crippen molar-refractivity contribution >= 4 is 123 Å². The molecule has 13 atom stereocenters. The normalized spacial score (nSPS) is 20.6. The highest BCUT2D eigenvalue weighted by Crippen LogP contribution is 2.58. The largest absolute Gasteiger partial charge is 0.420 e. The predicted octanol–water partition coefficient (Wildman–Crippen LogP) is 33.6. The highest BCUT2D eigenvalue weighted by Gasteiger charge is 2.57. The molecular formula is C111H252O21Si14. The maximum absolute atomic E-state index is 6.37. The topological polar surface area (TPSA) is 194 Å². The second-order valence-corrected chi connectivity index (χ2v) is 96.3. The monoisotopic (exact) mass is 2310 g/mol. The van der Waals surface area contributed by atoms with Gasteiger partial charge in [0.25, 0.3) is 0 Å². The van der Waals surface area contributed by atoms with Crippen LogP contribution < -0.4 is 5.19 Å². The fourth-order valence-corrected chi connectivity index (χ4v) is 95.7. The maximum Gasteiger partial charge on any atom is 0.334 e. The van der Waals surface area contributed by atoms with Crippen LogP contribution in [0.3, 0.4) is 0 Å². The predicted molar refractivity (Wildman–Crippen MR) is 675 cm³/mol. The summed E-state index contributed by atoms with van der Waals surface area (Å²) < 4.78 is 126. The van der Waals surface area contributed by atoms with Crippen molar-refractivity contribution in [2.75, 3.05) is 142 Å². The molecule has 0 saturated heterocycles. The van der Waals surface area contributed by atoms with Crippen molar-refractivity contribution in [3.8, 4) is 0 Å². The van der Waals surface area contributed by atoms with E-state index < -0.39 is 118 Å². The molecule has 0 amide bonds. The van der Waals surface area contributed by atoms with E-state index >= 15 is 0 Å². The van der Waals surface area contributed by atoms with Gasteiger partial charge in [0.15, 0.2) is 33.3 Å². The van der Waals surface area contributed by atoms with Crippen molar-refractivity contribution in [3.63, 3.8) is 0 Å². The number of hydrogen-bond donors (Lipinski definition) is 0. The molecule has 1 aromatic carbocycles. The minimum atomic E-state index is -2.17. The molecule has 4 fully saturated rings. The van der Waals surface area contributed by atoms with E-state index in [9.17, 15) is 0 Å². The van der Waals surface area contributed by atoms with Crippen LogP contribution in [0.15, 0.2) is 102 Å². The number of fused-ring (bicyclic) bond motifs is 4. The van der Waals surface area contributed by atoms with E-state index in [0.717, 1.165) is 165 Å². The lowest BCUT2D eigenvalue weighted by Gasteiger charge is -2.41. The summed E-state index contributed by atoms with van der Waals surface area (Å²) in [4.78, 5) is 0. The molecule has 0 heterocycles. The number of allylic oxidation sites excluding steroid dienone is 11. The third-order valence-corrected chi connectivity index (χ3v) is 99.0. The van der Waals surface area contributed by atoms with Crippen LogP contribution >= 0.6 is 0 Å². The van der Waals surface area contributed by atoms with Gasteiger partial charge in [-0.05, 0) is 291 Å². The lowest BCUT2D eigenvalue weighted by molar-refractivity contribution is 0.189. The van der Waals surface area contributed by atoms with Crippen molar-refractivity contribution in [1.29, 1.82) is 0 Å². The molecule has 4 saturated carbocycles. The van der Waals surface area contributed by atoms with Crippen molar-refractivity contribution in [1.82, 2.24) is 0 Å². The van der Waals surface area contributed by atoms with Gasteiger partial charge in [-0.15, -0.1) is 6.58 Å². The summed E-state index contributed by atoms with van der Waals surface area (Å²) >= 11 is 0. The van der Waals surface area contributed by atoms with Gasteiger partial charge < -0.3 is 92.9 Å². The Kier molecular flexibility index (Phi) is 93.5. The van der Waals surface area contributed by atoms with E-state index in [0.29, 0.717) is 37.9 Å². The number of benzene rings is 1. The minimum absolute atomic E-state index is 0. The summed E-state index contributed by atoms with van der Waals surface area (Å²) in [6.07, 6.45) is 37.8. The quantitative estimate of drug-likeness (QED) is 0.0441. The zero-order valence-corrected chi connectivity index (χ0v) is 108. The molecule has 4 bridgehead atoms. The average Bonchev–Trinajstić information content (AvgIpc) is 1.61. The highest BCUT2D eigenvalue weighted by atomic mass is 28.4. The molecule has 0 aliphatic heterocycles. The SMILES string of the molecule is C.C.C.C.C.C.C.C.C.C.C.C=CC[Si](C)(C[Si](C)(OCC)OCC)OCC.CCO[Si](C)(C[Si](C)(OCC)C1=CC=C(C(C)C)CC1)OCC.CCO[Si](C)(C[Si](C)(OCC)C1C=CC=C1)OCC.CCO[Si](C)(C[Si](C)(OCC)C1CCCCC1)OCC.CCO[Si](C)(C[Si](C)(OCC)c1ccccc1)OCC.CO[Si](C)(C[Si](C)(OC)C1CC2C=CC1C2)OC.CO[Si](C)(C[Si](C)(OC)C1CC2CCC1C2)OC. The molecule has 8 rings (SSSR count). The fraction of sp³-hybridized carbons (Fsp3) is 0.838. The van der Waals surface area contributed by atoms with Crippen molar-refractivity contribution < 1.29 is 92.9 Å². The second kappa shape index (κ2) is 82.3. The smallest absolute Gasteiger partial charge is 0.334 e. The lowest BCUT2D eigenvalue weighted by atomic mass is 9.95. The van der Waals surface area contributed by atoms with Crippen LogP contribution in [0.2, 0.25) is 160 Å². The summed E-state index contributed by atoms with van der Waals surface area (Å²) in [5.74, 6) is 4.11. The Morgan fingerprint density at radius 2 is 0.678 bits per heavy atom. The van der Waals surface area contributed by atoms with E-state index in [1.807, 2.05) is 67.9 Å². The van der Waals surface area contributed by atoms with Gasteiger partial charge in [-0.2, -0.15) is 0 Å². The Morgan fingerprint density at radius 1 is 0.322 bits per heavy atom. The van der Waals surface area contributed by atoms with Crippen molar-refractivity contribution in [2.24, 2.45) is 29.6 Å². The molecule has 1 aromatic rings. The molecule has 35 heteroatoms. The average molecular weight is 2320 g/mol. The Hall–Kier alpha value is -0.144. The third kappa shape index (κ3) is 55.1. The molecule has 0 radical (unpaired) electrons. The van der Waals surface area contributed by atoms with Gasteiger partial charge in [0.2, 0.25) is 25.0 Å². The summed E-state index contributed by atoms with van der Waals surface area (Å²) in [7, 11) is -16.6. The van der Waals surface area contributed by atoms with Gasteiger partial charge >= 0.3 is 59.9 Å². The molecule has 7 aliphatic carbocycles. The summed E-state index contributed by atoms with van der Waals surface area (Å²) in [5, 5.41) is 2.84. The van der Waals surface area contributed by atoms with E-state index in [2.05, 4.69) is 247 Å². The Morgan fingerprint density at radius 3 is 1.00 bits per heavy atom. The van der Waals surface area contributed by atoms with E-state index in [1.54, 1.807) is 34.0 Å². The van der Waals surface area contributed by atoms with Gasteiger partial charge in [-0.25, -0.2) is 0 Å². The maximum atomic E-state index is 6.37. The van der Waals surface area contributed by atoms with Gasteiger partial charge in [-0.3, -0.25) is 0 Å². The summed E-state index contributed by atoms with van der Waals surface area (Å²) in [5.41, 5.74) is 11.4. The van der Waals surface area contributed by atoms with Crippen molar-refractivity contribution in [2.45, 2.75) is 442 Å². The first-order valence-corrected chi connectivity index (χ1v) is 89.1. The van der Waals surface area contributed by atoms with Crippen molar-refractivity contribution in [3.05, 3.63) is 102 Å². The molecule has 13 unspecified atom stereocenters.